The number of carboxylic acids is 1. The van der Waals surface area contributed by atoms with Crippen molar-refractivity contribution in [2.24, 2.45) is 0 Å². The largest absolute Gasteiger partial charge is 0.481 e. The normalized spacial score (nSPS) is 12.4. The number of hydrogen-bond acceptors (Lipinski definition) is 3. The summed E-state index contributed by atoms with van der Waals surface area (Å²) in [5, 5.41) is 8.88. The summed E-state index contributed by atoms with van der Waals surface area (Å²) < 4.78 is 0. The molecule has 0 heterocycles. The molecule has 5 nitrogen and oxygen atoms in total. The topological polar surface area (TPSA) is 60.9 Å². The summed E-state index contributed by atoms with van der Waals surface area (Å²) >= 11 is 0. The van der Waals surface area contributed by atoms with E-state index in [0.29, 0.717) is 13.1 Å². The second-order valence-corrected chi connectivity index (χ2v) is 5.60. The fourth-order valence-corrected chi connectivity index (χ4v) is 2.29. The Bertz CT molecular complexity index is 300. The van der Waals surface area contributed by atoms with Gasteiger partial charge >= 0.3 is 5.97 Å². The van der Waals surface area contributed by atoms with Crippen LogP contribution >= 0.6 is 0 Å². The van der Waals surface area contributed by atoms with E-state index in [1.54, 1.807) is 0 Å². The predicted molar refractivity (Wildman–Crippen MR) is 85.4 cm³/mol. The first-order valence-electron chi connectivity index (χ1n) is 8.19. The number of likely N-dealkylation sites (N-methyl/N-ethyl adjacent to an activating group) is 1. The summed E-state index contributed by atoms with van der Waals surface area (Å²) in [6, 6.07) is -0.115. The summed E-state index contributed by atoms with van der Waals surface area (Å²) in [6.07, 6.45) is 4.26. The predicted octanol–water partition coefficient (Wildman–Crippen LogP) is 2.60. The van der Waals surface area contributed by atoms with Gasteiger partial charge in [0.25, 0.3) is 0 Å². The average Bonchev–Trinajstić information content (AvgIpc) is 2.43. The molecule has 0 aliphatic carbocycles. The number of carboxylic acid groups (broad SMARTS) is 1. The molecule has 1 amide bonds. The Balaban J connectivity index is 4.55. The molecule has 1 N–H and O–H groups in total. The maximum Gasteiger partial charge on any atom is 0.304 e. The number of unbranched alkanes of at least 4 members (excludes halogenated alkanes) is 2. The molecule has 0 aliphatic rings. The van der Waals surface area contributed by atoms with Crippen molar-refractivity contribution in [1.82, 2.24) is 9.80 Å². The quantitative estimate of drug-likeness (QED) is 0.602. The number of nitrogens with zero attached hydrogens (tertiary/aromatic N) is 2. The Labute approximate surface area is 129 Å². The van der Waals surface area contributed by atoms with E-state index in [0.717, 1.165) is 38.8 Å². The van der Waals surface area contributed by atoms with E-state index >= 15 is 0 Å². The van der Waals surface area contributed by atoms with Crippen molar-refractivity contribution >= 4 is 11.9 Å². The van der Waals surface area contributed by atoms with Crippen LogP contribution in [0.25, 0.3) is 0 Å². The molecule has 0 fully saturated rings. The standard InChI is InChI=1S/C16H32N2O3/c1-5-8-10-18(11-9-6-2)15(19)13-17(7-3)14(4)12-16(20)21/h14H,5-13H2,1-4H3,(H,20,21). The third kappa shape index (κ3) is 8.71. The lowest BCUT2D eigenvalue weighted by Crippen LogP contribution is -2.45. The maximum absolute atomic E-state index is 12.5. The van der Waals surface area contributed by atoms with Gasteiger partial charge in [-0.1, -0.05) is 33.6 Å². The number of carbonyl (C=O) groups excluding carboxylic acids is 1. The van der Waals surface area contributed by atoms with Crippen LogP contribution in [0.4, 0.5) is 0 Å². The summed E-state index contributed by atoms with van der Waals surface area (Å²) in [5.41, 5.74) is 0. The van der Waals surface area contributed by atoms with Gasteiger partial charge in [0.2, 0.25) is 5.91 Å². The molecular weight excluding hydrogens is 268 g/mol. The van der Waals surface area contributed by atoms with Gasteiger partial charge in [-0.3, -0.25) is 14.5 Å². The highest BCUT2D eigenvalue weighted by atomic mass is 16.4. The van der Waals surface area contributed by atoms with Crippen LogP contribution in [0.5, 0.6) is 0 Å². The van der Waals surface area contributed by atoms with E-state index in [9.17, 15) is 9.59 Å². The number of carbonyl (C=O) groups is 2. The van der Waals surface area contributed by atoms with Crippen molar-refractivity contribution in [3.8, 4) is 0 Å². The first-order valence-corrected chi connectivity index (χ1v) is 8.19. The second-order valence-electron chi connectivity index (χ2n) is 5.60. The fourth-order valence-electron chi connectivity index (χ4n) is 2.29. The average molecular weight is 300 g/mol. The van der Waals surface area contributed by atoms with Crippen LogP contribution in [-0.4, -0.2) is 59.0 Å². The van der Waals surface area contributed by atoms with Gasteiger partial charge in [-0.15, -0.1) is 0 Å². The minimum atomic E-state index is -0.817. The van der Waals surface area contributed by atoms with Crippen LogP contribution in [0.3, 0.4) is 0 Å². The number of aliphatic carboxylic acids is 1. The van der Waals surface area contributed by atoms with Crippen LogP contribution in [0.2, 0.25) is 0 Å². The number of hydrogen-bond donors (Lipinski definition) is 1. The molecular formula is C16H32N2O3. The highest BCUT2D eigenvalue weighted by Gasteiger charge is 2.21. The molecule has 1 unspecified atom stereocenters. The Morgan fingerprint density at radius 2 is 1.57 bits per heavy atom. The van der Waals surface area contributed by atoms with E-state index in [2.05, 4.69) is 13.8 Å². The van der Waals surface area contributed by atoms with Gasteiger partial charge in [0.05, 0.1) is 13.0 Å². The Morgan fingerprint density at radius 1 is 1.05 bits per heavy atom. The molecule has 1 atom stereocenters. The molecule has 0 bridgehead atoms. The maximum atomic E-state index is 12.5. The van der Waals surface area contributed by atoms with Crippen LogP contribution in [0, 0.1) is 0 Å². The van der Waals surface area contributed by atoms with Crippen molar-refractivity contribution < 1.29 is 14.7 Å². The van der Waals surface area contributed by atoms with Gasteiger partial charge in [-0.2, -0.15) is 0 Å². The van der Waals surface area contributed by atoms with Gasteiger partial charge in [0.1, 0.15) is 0 Å². The molecule has 0 saturated heterocycles. The van der Waals surface area contributed by atoms with Gasteiger partial charge in [-0.05, 0) is 26.3 Å². The molecule has 124 valence electrons. The minimum Gasteiger partial charge on any atom is -0.481 e. The lowest BCUT2D eigenvalue weighted by Gasteiger charge is -2.30. The van der Waals surface area contributed by atoms with Crippen LogP contribution in [0.1, 0.15) is 59.8 Å². The zero-order valence-electron chi connectivity index (χ0n) is 14.1. The lowest BCUT2D eigenvalue weighted by atomic mass is 10.2. The molecule has 5 heteroatoms. The minimum absolute atomic E-state index is 0.0744. The van der Waals surface area contributed by atoms with Crippen molar-refractivity contribution in [1.29, 1.82) is 0 Å². The highest BCUT2D eigenvalue weighted by Crippen LogP contribution is 2.07. The van der Waals surface area contributed by atoms with Gasteiger partial charge in [0.15, 0.2) is 0 Å². The zero-order valence-corrected chi connectivity index (χ0v) is 14.1. The van der Waals surface area contributed by atoms with E-state index in [1.807, 2.05) is 23.6 Å². The van der Waals surface area contributed by atoms with E-state index in [-0.39, 0.29) is 18.4 Å². The highest BCUT2D eigenvalue weighted by molar-refractivity contribution is 5.78. The SMILES string of the molecule is CCCCN(CCCC)C(=O)CN(CC)C(C)CC(=O)O. The van der Waals surface area contributed by atoms with Crippen molar-refractivity contribution in [3.63, 3.8) is 0 Å². The Kier molecular flexibility index (Phi) is 10.9. The summed E-state index contributed by atoms with van der Waals surface area (Å²) in [6.45, 7) is 10.7. The molecule has 0 rings (SSSR count). The van der Waals surface area contributed by atoms with Gasteiger partial charge < -0.3 is 10.0 Å². The molecule has 0 aromatic heterocycles. The lowest BCUT2D eigenvalue weighted by molar-refractivity contribution is -0.140. The number of amides is 1. The van der Waals surface area contributed by atoms with Crippen molar-refractivity contribution in [3.05, 3.63) is 0 Å². The van der Waals surface area contributed by atoms with Crippen molar-refractivity contribution in [2.45, 2.75) is 65.8 Å². The van der Waals surface area contributed by atoms with Crippen LogP contribution in [-0.2, 0) is 9.59 Å². The first-order chi connectivity index (χ1) is 9.96. The van der Waals surface area contributed by atoms with Gasteiger partial charge in [0, 0.05) is 19.1 Å². The van der Waals surface area contributed by atoms with Crippen molar-refractivity contribution in [2.75, 3.05) is 26.2 Å². The molecule has 0 saturated carbocycles. The first kappa shape index (κ1) is 19.9. The van der Waals surface area contributed by atoms with Crippen LogP contribution in [0.15, 0.2) is 0 Å². The molecule has 0 aromatic carbocycles. The third-order valence-electron chi connectivity index (χ3n) is 3.75. The summed E-state index contributed by atoms with van der Waals surface area (Å²) in [7, 11) is 0. The smallest absolute Gasteiger partial charge is 0.304 e. The van der Waals surface area contributed by atoms with E-state index < -0.39 is 5.97 Å². The second kappa shape index (κ2) is 11.5. The zero-order chi connectivity index (χ0) is 16.3. The molecule has 0 aliphatic heterocycles. The fraction of sp³-hybridized carbons (Fsp3) is 0.875. The Hall–Kier alpha value is -1.10. The third-order valence-corrected chi connectivity index (χ3v) is 3.75. The van der Waals surface area contributed by atoms with E-state index in [1.165, 1.54) is 0 Å². The Morgan fingerprint density at radius 3 is 1.95 bits per heavy atom. The molecule has 21 heavy (non-hydrogen) atoms. The molecule has 0 radical (unpaired) electrons. The monoisotopic (exact) mass is 300 g/mol. The number of rotatable bonds is 12. The summed E-state index contributed by atoms with van der Waals surface area (Å²) in [5.74, 6) is -0.696. The molecule has 0 aromatic rings. The van der Waals surface area contributed by atoms with E-state index in [4.69, 9.17) is 5.11 Å². The van der Waals surface area contributed by atoms with Gasteiger partial charge in [-0.25, -0.2) is 0 Å². The van der Waals surface area contributed by atoms with Crippen LogP contribution < -0.4 is 0 Å². The molecule has 0 spiro atoms. The summed E-state index contributed by atoms with van der Waals surface area (Å²) in [4.78, 5) is 27.1.